The first kappa shape index (κ1) is 20.1. The molecular formula is C22H36O3. The Bertz CT molecular complexity index is 562. The van der Waals surface area contributed by atoms with E-state index in [-0.39, 0.29) is 17.1 Å². The van der Waals surface area contributed by atoms with Gasteiger partial charge in [-0.15, -0.1) is 0 Å². The van der Waals surface area contributed by atoms with Crippen LogP contribution in [0.5, 0.6) is 11.5 Å². The van der Waals surface area contributed by atoms with Gasteiger partial charge in [0, 0.05) is 24.2 Å². The van der Waals surface area contributed by atoms with E-state index < -0.39 is 0 Å². The number of hydrogen-bond acceptors (Lipinski definition) is 3. The van der Waals surface area contributed by atoms with Crippen LogP contribution < -0.4 is 9.47 Å². The summed E-state index contributed by atoms with van der Waals surface area (Å²) in [5.74, 6) is 2.54. The fraction of sp³-hybridized carbons (Fsp3) is 0.727. The minimum absolute atomic E-state index is 0.0139. The zero-order valence-electron chi connectivity index (χ0n) is 17.1. The number of hydrogen-bond donors (Lipinski definition) is 0. The maximum Gasteiger partial charge on any atom is 0.126 e. The summed E-state index contributed by atoms with van der Waals surface area (Å²) in [4.78, 5) is 0. The van der Waals surface area contributed by atoms with E-state index in [0.29, 0.717) is 5.92 Å². The van der Waals surface area contributed by atoms with Gasteiger partial charge in [0.15, 0.2) is 0 Å². The Morgan fingerprint density at radius 1 is 1.24 bits per heavy atom. The lowest BCUT2D eigenvalue weighted by atomic mass is 9.87. The van der Waals surface area contributed by atoms with Crippen LogP contribution in [-0.4, -0.2) is 25.4 Å². The van der Waals surface area contributed by atoms with Crippen LogP contribution in [0.4, 0.5) is 0 Å². The number of methoxy groups -OCH3 is 1. The topological polar surface area (TPSA) is 27.7 Å². The van der Waals surface area contributed by atoms with Crippen LogP contribution in [0, 0.1) is 5.92 Å². The maximum absolute atomic E-state index is 6.14. The number of ether oxygens (including phenoxy) is 3. The largest absolute Gasteiger partial charge is 0.492 e. The van der Waals surface area contributed by atoms with Gasteiger partial charge >= 0.3 is 0 Å². The summed E-state index contributed by atoms with van der Waals surface area (Å²) in [6.45, 7) is 14.0. The summed E-state index contributed by atoms with van der Waals surface area (Å²) in [5.41, 5.74) is 1.37. The van der Waals surface area contributed by atoms with Crippen LogP contribution in [0.25, 0.3) is 0 Å². The second kappa shape index (κ2) is 7.99. The van der Waals surface area contributed by atoms with Crippen LogP contribution in [0.15, 0.2) is 18.2 Å². The number of fused-ring (bicyclic) bond motifs is 1. The molecule has 1 aromatic carbocycles. The third kappa shape index (κ3) is 5.64. The van der Waals surface area contributed by atoms with E-state index in [9.17, 15) is 0 Å². The molecule has 0 N–H and O–H groups in total. The molecule has 1 aliphatic rings. The molecule has 2 unspecified atom stereocenters. The van der Waals surface area contributed by atoms with Crippen molar-refractivity contribution in [2.24, 2.45) is 5.92 Å². The van der Waals surface area contributed by atoms with Crippen LogP contribution in [-0.2, 0) is 10.2 Å². The molecule has 25 heavy (non-hydrogen) atoms. The first-order valence-electron chi connectivity index (χ1n) is 9.62. The van der Waals surface area contributed by atoms with Crippen molar-refractivity contribution in [3.8, 4) is 11.5 Å². The van der Waals surface area contributed by atoms with Gasteiger partial charge in [-0.2, -0.15) is 0 Å². The third-order valence-corrected chi connectivity index (χ3v) is 5.37. The highest BCUT2D eigenvalue weighted by atomic mass is 16.5. The van der Waals surface area contributed by atoms with E-state index in [2.05, 4.69) is 53.7 Å². The molecule has 2 atom stereocenters. The number of benzene rings is 1. The van der Waals surface area contributed by atoms with Crippen molar-refractivity contribution in [1.82, 2.24) is 0 Å². The summed E-state index contributed by atoms with van der Waals surface area (Å²) in [7, 11) is 1.79. The van der Waals surface area contributed by atoms with Crippen molar-refractivity contribution in [3.63, 3.8) is 0 Å². The molecule has 3 nitrogen and oxygen atoms in total. The highest BCUT2D eigenvalue weighted by Gasteiger charge is 2.31. The average molecular weight is 349 g/mol. The van der Waals surface area contributed by atoms with Crippen molar-refractivity contribution < 1.29 is 14.2 Å². The SMILES string of the molecule is COC(C)(C)CCCC(C)CC(C)Oc1ccc2c(c1)OCC2(C)C. The van der Waals surface area contributed by atoms with Gasteiger partial charge < -0.3 is 14.2 Å². The highest BCUT2D eigenvalue weighted by Crippen LogP contribution is 2.40. The molecule has 1 aromatic rings. The van der Waals surface area contributed by atoms with Gasteiger partial charge in [0.1, 0.15) is 11.5 Å². The molecule has 0 aliphatic carbocycles. The normalized spacial score (nSPS) is 18.4. The molecule has 0 saturated carbocycles. The summed E-state index contributed by atoms with van der Waals surface area (Å²) >= 11 is 0. The first-order valence-corrected chi connectivity index (χ1v) is 9.62. The van der Waals surface area contributed by atoms with E-state index >= 15 is 0 Å². The predicted molar refractivity (Wildman–Crippen MR) is 104 cm³/mol. The van der Waals surface area contributed by atoms with Gasteiger partial charge in [-0.3, -0.25) is 0 Å². The molecule has 0 spiro atoms. The summed E-state index contributed by atoms with van der Waals surface area (Å²) in [6, 6.07) is 6.28. The molecule has 0 bridgehead atoms. The zero-order valence-corrected chi connectivity index (χ0v) is 17.1. The molecule has 0 amide bonds. The molecule has 0 radical (unpaired) electrons. The van der Waals surface area contributed by atoms with Crippen molar-refractivity contribution in [1.29, 1.82) is 0 Å². The van der Waals surface area contributed by atoms with Gasteiger partial charge in [-0.25, -0.2) is 0 Å². The molecule has 0 aromatic heterocycles. The quantitative estimate of drug-likeness (QED) is 0.569. The fourth-order valence-electron chi connectivity index (χ4n) is 3.53. The zero-order chi connectivity index (χ0) is 18.7. The molecule has 142 valence electrons. The van der Waals surface area contributed by atoms with Crippen molar-refractivity contribution >= 4 is 0 Å². The molecule has 1 heterocycles. The van der Waals surface area contributed by atoms with Crippen LogP contribution in [0.1, 0.15) is 72.8 Å². The van der Waals surface area contributed by atoms with Crippen LogP contribution in [0.3, 0.4) is 0 Å². The van der Waals surface area contributed by atoms with Crippen LogP contribution in [0.2, 0.25) is 0 Å². The Morgan fingerprint density at radius 2 is 1.96 bits per heavy atom. The van der Waals surface area contributed by atoms with E-state index in [4.69, 9.17) is 14.2 Å². The second-order valence-corrected chi connectivity index (χ2v) is 8.96. The number of rotatable bonds is 9. The molecular weight excluding hydrogens is 312 g/mol. The Kier molecular flexibility index (Phi) is 6.42. The minimum atomic E-state index is -0.0139. The van der Waals surface area contributed by atoms with Crippen molar-refractivity contribution in [2.75, 3.05) is 13.7 Å². The summed E-state index contributed by atoms with van der Waals surface area (Å²) in [6.07, 6.45) is 4.77. The first-order chi connectivity index (χ1) is 11.6. The average Bonchev–Trinajstić information content (AvgIpc) is 2.82. The lowest BCUT2D eigenvalue weighted by Crippen LogP contribution is -2.22. The molecule has 0 saturated heterocycles. The van der Waals surface area contributed by atoms with E-state index in [0.717, 1.165) is 30.9 Å². The van der Waals surface area contributed by atoms with Gasteiger partial charge in [0.05, 0.1) is 18.3 Å². The van der Waals surface area contributed by atoms with Gasteiger partial charge in [-0.05, 0) is 45.6 Å². The van der Waals surface area contributed by atoms with Gasteiger partial charge in [0.2, 0.25) is 0 Å². The molecule has 0 fully saturated rings. The van der Waals surface area contributed by atoms with E-state index in [1.54, 1.807) is 7.11 Å². The molecule has 3 heteroatoms. The van der Waals surface area contributed by atoms with Crippen molar-refractivity contribution in [2.45, 2.75) is 84.3 Å². The van der Waals surface area contributed by atoms with E-state index in [1.165, 1.54) is 18.4 Å². The fourth-order valence-corrected chi connectivity index (χ4v) is 3.53. The Hall–Kier alpha value is -1.22. The lowest BCUT2D eigenvalue weighted by Gasteiger charge is -2.24. The van der Waals surface area contributed by atoms with Crippen molar-refractivity contribution in [3.05, 3.63) is 23.8 Å². The minimum Gasteiger partial charge on any atom is -0.492 e. The Morgan fingerprint density at radius 3 is 2.64 bits per heavy atom. The Balaban J connectivity index is 1.79. The van der Waals surface area contributed by atoms with Crippen LogP contribution >= 0.6 is 0 Å². The van der Waals surface area contributed by atoms with E-state index in [1.807, 2.05) is 6.07 Å². The van der Waals surface area contributed by atoms with Gasteiger partial charge in [-0.1, -0.05) is 39.7 Å². The Labute approximate surface area is 154 Å². The summed E-state index contributed by atoms with van der Waals surface area (Å²) < 4.78 is 17.5. The second-order valence-electron chi connectivity index (χ2n) is 8.96. The monoisotopic (exact) mass is 348 g/mol. The third-order valence-electron chi connectivity index (χ3n) is 5.37. The standard InChI is InChI=1S/C22H36O3/c1-16(9-8-12-22(5,6)23-7)13-17(2)25-18-10-11-19-20(14-18)24-15-21(19,3)4/h10-11,14,16-17H,8-9,12-13,15H2,1-7H3. The smallest absolute Gasteiger partial charge is 0.126 e. The lowest BCUT2D eigenvalue weighted by molar-refractivity contribution is 0.0124. The predicted octanol–water partition coefficient (Wildman–Crippen LogP) is 5.75. The highest BCUT2D eigenvalue weighted by molar-refractivity contribution is 5.47. The molecule has 1 aliphatic heterocycles. The van der Waals surface area contributed by atoms with Gasteiger partial charge in [0.25, 0.3) is 0 Å². The molecule has 2 rings (SSSR count). The maximum atomic E-state index is 6.14. The summed E-state index contributed by atoms with van der Waals surface area (Å²) in [5, 5.41) is 0.